The van der Waals surface area contributed by atoms with Crippen molar-refractivity contribution in [3.05, 3.63) is 57.8 Å². The Labute approximate surface area is 165 Å². The number of benzene rings is 2. The van der Waals surface area contributed by atoms with Gasteiger partial charge >= 0.3 is 6.18 Å². The second kappa shape index (κ2) is 6.80. The number of phenols is 1. The van der Waals surface area contributed by atoms with Crippen LogP contribution in [0.5, 0.6) is 5.75 Å². The molecule has 0 radical (unpaired) electrons. The molecule has 3 aromatic rings. The Kier molecular flexibility index (Phi) is 4.94. The van der Waals surface area contributed by atoms with Gasteiger partial charge in [-0.2, -0.15) is 18.3 Å². The van der Waals surface area contributed by atoms with Crippen LogP contribution >= 0.6 is 22.6 Å². The summed E-state index contributed by atoms with van der Waals surface area (Å²) in [6.07, 6.45) is -4.66. The van der Waals surface area contributed by atoms with Crippen molar-refractivity contribution in [2.24, 2.45) is 5.14 Å². The summed E-state index contributed by atoms with van der Waals surface area (Å²) >= 11 is 1.86. The third-order valence-corrected chi connectivity index (χ3v) is 5.45. The number of aromatic hydroxyl groups is 1. The molecular formula is C16H11F3IN3O3S. The predicted octanol–water partition coefficient (Wildman–Crippen LogP) is 3.52. The molecule has 0 fully saturated rings. The van der Waals surface area contributed by atoms with Crippen LogP contribution in [0, 0.1) is 3.57 Å². The summed E-state index contributed by atoms with van der Waals surface area (Å²) < 4.78 is 63.7. The van der Waals surface area contributed by atoms with Gasteiger partial charge in [-0.05, 0) is 71.1 Å². The van der Waals surface area contributed by atoms with Gasteiger partial charge in [0.25, 0.3) is 0 Å². The van der Waals surface area contributed by atoms with E-state index in [-0.39, 0.29) is 22.0 Å². The van der Waals surface area contributed by atoms with Gasteiger partial charge in [0, 0.05) is 5.56 Å². The summed E-state index contributed by atoms with van der Waals surface area (Å²) in [7, 11) is -3.93. The van der Waals surface area contributed by atoms with Crippen LogP contribution in [0.4, 0.5) is 13.2 Å². The molecule has 2 aromatic carbocycles. The summed E-state index contributed by atoms with van der Waals surface area (Å²) in [5.74, 6) is -0.000958. The van der Waals surface area contributed by atoms with Crippen LogP contribution in [0.3, 0.4) is 0 Å². The molecule has 11 heteroatoms. The molecule has 0 bridgehead atoms. The highest BCUT2D eigenvalue weighted by atomic mass is 127. The van der Waals surface area contributed by atoms with Crippen LogP contribution in [0.15, 0.2) is 53.4 Å². The van der Waals surface area contributed by atoms with E-state index in [2.05, 4.69) is 5.10 Å². The molecule has 0 amide bonds. The third-order valence-electron chi connectivity index (χ3n) is 3.65. The van der Waals surface area contributed by atoms with Gasteiger partial charge in [0.05, 0.1) is 19.8 Å². The number of primary sulfonamides is 1. The molecule has 1 heterocycles. The van der Waals surface area contributed by atoms with Gasteiger partial charge in [-0.1, -0.05) is 0 Å². The molecule has 1 aromatic heterocycles. The summed E-state index contributed by atoms with van der Waals surface area (Å²) in [4.78, 5) is -0.171. The molecule has 0 saturated carbocycles. The zero-order valence-corrected chi connectivity index (χ0v) is 16.2. The van der Waals surface area contributed by atoms with Crippen molar-refractivity contribution in [1.82, 2.24) is 9.78 Å². The van der Waals surface area contributed by atoms with E-state index in [1.165, 1.54) is 42.5 Å². The number of halogens is 4. The van der Waals surface area contributed by atoms with E-state index in [1.54, 1.807) is 0 Å². The molecule has 0 atom stereocenters. The second-order valence-corrected chi connectivity index (χ2v) is 8.25. The summed E-state index contributed by atoms with van der Waals surface area (Å²) in [6.45, 7) is 0. The van der Waals surface area contributed by atoms with Gasteiger partial charge in [-0.3, -0.25) is 0 Å². The molecule has 0 unspecified atom stereocenters. The molecule has 6 nitrogen and oxygen atoms in total. The fourth-order valence-electron chi connectivity index (χ4n) is 2.37. The Balaban J connectivity index is 2.19. The minimum atomic E-state index is -4.66. The molecule has 3 N–H and O–H groups in total. The fraction of sp³-hybridized carbons (Fsp3) is 0.0625. The number of rotatable bonds is 3. The maximum Gasteiger partial charge on any atom is 0.435 e. The van der Waals surface area contributed by atoms with Crippen LogP contribution in [0.25, 0.3) is 16.9 Å². The van der Waals surface area contributed by atoms with Crippen molar-refractivity contribution in [2.45, 2.75) is 11.1 Å². The van der Waals surface area contributed by atoms with E-state index < -0.39 is 21.9 Å². The van der Waals surface area contributed by atoms with E-state index in [0.717, 1.165) is 10.7 Å². The summed E-state index contributed by atoms with van der Waals surface area (Å²) in [5, 5.41) is 18.3. The Morgan fingerprint density at radius 1 is 1.07 bits per heavy atom. The van der Waals surface area contributed by atoms with Crippen molar-refractivity contribution in [3.63, 3.8) is 0 Å². The zero-order chi connectivity index (χ0) is 20.0. The van der Waals surface area contributed by atoms with Crippen LogP contribution in [-0.2, 0) is 16.2 Å². The molecule has 27 heavy (non-hydrogen) atoms. The lowest BCUT2D eigenvalue weighted by Gasteiger charge is -2.09. The lowest BCUT2D eigenvalue weighted by atomic mass is 10.1. The average molecular weight is 509 g/mol. The van der Waals surface area contributed by atoms with Gasteiger partial charge in [0.15, 0.2) is 5.69 Å². The van der Waals surface area contributed by atoms with E-state index in [0.29, 0.717) is 9.13 Å². The molecule has 0 saturated heterocycles. The monoisotopic (exact) mass is 509 g/mol. The number of aromatic nitrogens is 2. The highest BCUT2D eigenvalue weighted by molar-refractivity contribution is 14.1. The van der Waals surface area contributed by atoms with Crippen molar-refractivity contribution in [3.8, 4) is 22.7 Å². The minimum absolute atomic E-state index is 0.000958. The van der Waals surface area contributed by atoms with E-state index >= 15 is 0 Å². The Bertz CT molecular complexity index is 1110. The summed E-state index contributed by atoms with van der Waals surface area (Å²) in [6, 6.07) is 10.2. The summed E-state index contributed by atoms with van der Waals surface area (Å²) in [5.41, 5.74) is -0.355. The maximum absolute atomic E-state index is 13.2. The van der Waals surface area contributed by atoms with Gasteiger partial charge < -0.3 is 5.11 Å². The van der Waals surface area contributed by atoms with E-state index in [1.807, 2.05) is 22.6 Å². The molecule has 0 spiro atoms. The number of phenolic OH excluding ortho intramolecular Hbond substituents is 1. The van der Waals surface area contributed by atoms with Crippen LogP contribution in [0.2, 0.25) is 0 Å². The Morgan fingerprint density at radius 3 is 2.22 bits per heavy atom. The normalized spacial score (nSPS) is 12.3. The number of nitrogens with two attached hydrogens (primary N) is 1. The molecule has 3 rings (SSSR count). The number of alkyl halides is 3. The lowest BCUT2D eigenvalue weighted by Crippen LogP contribution is -2.12. The first-order chi connectivity index (χ1) is 12.5. The topological polar surface area (TPSA) is 98.2 Å². The standard InChI is InChI=1S/C16H11F3IN3O3S/c17-16(18,19)15-8-13(9-1-6-14(24)12(20)7-9)23(22-15)10-2-4-11(5-3-10)27(21,25)26/h1-8,24H,(H2,21,25,26). The van der Waals surface area contributed by atoms with Crippen LogP contribution in [0.1, 0.15) is 5.69 Å². The van der Waals surface area contributed by atoms with Crippen LogP contribution < -0.4 is 5.14 Å². The van der Waals surface area contributed by atoms with E-state index in [4.69, 9.17) is 5.14 Å². The number of nitrogens with zero attached hydrogens (tertiary/aromatic N) is 2. The van der Waals surface area contributed by atoms with Crippen molar-refractivity contribution < 1.29 is 26.7 Å². The lowest BCUT2D eigenvalue weighted by molar-refractivity contribution is -0.141. The smallest absolute Gasteiger partial charge is 0.435 e. The zero-order valence-electron chi connectivity index (χ0n) is 13.3. The number of hydrogen-bond acceptors (Lipinski definition) is 4. The largest absolute Gasteiger partial charge is 0.507 e. The van der Waals surface area contributed by atoms with Crippen LogP contribution in [-0.4, -0.2) is 23.3 Å². The molecule has 0 aliphatic carbocycles. The highest BCUT2D eigenvalue weighted by Crippen LogP contribution is 2.34. The highest BCUT2D eigenvalue weighted by Gasteiger charge is 2.35. The molecular weight excluding hydrogens is 498 g/mol. The van der Waals surface area contributed by atoms with Gasteiger partial charge in [0.1, 0.15) is 5.75 Å². The SMILES string of the molecule is NS(=O)(=O)c1ccc(-n2nc(C(F)(F)F)cc2-c2ccc(O)c(I)c2)cc1. The first kappa shape index (κ1) is 19.6. The van der Waals surface area contributed by atoms with Gasteiger partial charge in [-0.25, -0.2) is 18.2 Å². The quantitative estimate of drug-likeness (QED) is 0.529. The first-order valence-corrected chi connectivity index (χ1v) is 9.89. The van der Waals surface area contributed by atoms with Gasteiger partial charge in [0.2, 0.25) is 10.0 Å². The average Bonchev–Trinajstić information content (AvgIpc) is 3.02. The predicted molar refractivity (Wildman–Crippen MR) is 99.8 cm³/mol. The maximum atomic E-state index is 13.2. The first-order valence-electron chi connectivity index (χ1n) is 7.26. The second-order valence-electron chi connectivity index (χ2n) is 5.53. The van der Waals surface area contributed by atoms with E-state index in [9.17, 15) is 26.7 Å². The third kappa shape index (κ3) is 4.09. The Morgan fingerprint density at radius 2 is 1.70 bits per heavy atom. The van der Waals surface area contributed by atoms with Crippen molar-refractivity contribution >= 4 is 32.6 Å². The minimum Gasteiger partial charge on any atom is -0.507 e. The van der Waals surface area contributed by atoms with Crippen molar-refractivity contribution in [1.29, 1.82) is 0 Å². The fourth-order valence-corrected chi connectivity index (χ4v) is 3.40. The molecule has 0 aliphatic heterocycles. The number of hydrogen-bond donors (Lipinski definition) is 2. The van der Waals surface area contributed by atoms with Gasteiger partial charge in [-0.15, -0.1) is 0 Å². The Hall–Kier alpha value is -2.12. The molecule has 142 valence electrons. The van der Waals surface area contributed by atoms with Crippen molar-refractivity contribution in [2.75, 3.05) is 0 Å². The molecule has 0 aliphatic rings. The number of sulfonamides is 1.